The molecule has 2 aromatic carbocycles. The third-order valence-electron chi connectivity index (χ3n) is 6.87. The van der Waals surface area contributed by atoms with Gasteiger partial charge in [-0.3, -0.25) is 10.2 Å². The molecule has 0 unspecified atom stereocenters. The van der Waals surface area contributed by atoms with E-state index >= 15 is 0 Å². The van der Waals surface area contributed by atoms with Gasteiger partial charge < -0.3 is 10.3 Å². The Labute approximate surface area is 219 Å². The second-order valence-electron chi connectivity index (χ2n) is 9.70. The summed E-state index contributed by atoms with van der Waals surface area (Å²) in [4.78, 5) is 14.7. The third kappa shape index (κ3) is 5.68. The number of hydrogen-bond acceptors (Lipinski definition) is 5. The lowest BCUT2D eigenvalue weighted by Gasteiger charge is -2.21. The smallest absolute Gasteiger partial charge is 0.333 e. The number of halogens is 3. The number of anilines is 1. The van der Waals surface area contributed by atoms with Gasteiger partial charge in [0.25, 0.3) is 0 Å². The average molecular weight is 526 g/mol. The number of carbonyl (C=O) groups excluding carboxylic acids is 1. The Morgan fingerprint density at radius 3 is 2.39 bits per heavy atom. The molecule has 1 fully saturated rings. The van der Waals surface area contributed by atoms with E-state index < -0.39 is 24.8 Å². The Morgan fingerprint density at radius 2 is 1.76 bits per heavy atom. The summed E-state index contributed by atoms with van der Waals surface area (Å²) >= 11 is 0. The highest BCUT2D eigenvalue weighted by Gasteiger charge is 2.40. The lowest BCUT2D eigenvalue weighted by Crippen LogP contribution is -2.43. The maximum atomic E-state index is 13.3. The topological polar surface area (TPSA) is 77.5 Å². The van der Waals surface area contributed by atoms with Crippen LogP contribution in [0.25, 0.3) is 11.3 Å². The number of hydrogen-bond donors (Lipinski definition) is 3. The molecule has 2 amide bonds. The molecule has 0 aliphatic carbocycles. The third-order valence-corrected chi connectivity index (χ3v) is 6.87. The van der Waals surface area contributed by atoms with Gasteiger partial charge >= 0.3 is 12.2 Å². The zero-order valence-electron chi connectivity index (χ0n) is 21.2. The SMILES string of the molecule is Cc1c(C2=CN(C)NC2)nn(-c2ccccc2)c1NC(=O)N[C@H]1CN(CC(F)(F)F)C[C@@H]1c1ccccc1. The van der Waals surface area contributed by atoms with Crippen molar-refractivity contribution in [3.05, 3.63) is 83.7 Å². The van der Waals surface area contributed by atoms with Crippen molar-refractivity contribution in [1.82, 2.24) is 30.4 Å². The first-order chi connectivity index (χ1) is 18.2. The summed E-state index contributed by atoms with van der Waals surface area (Å²) in [6.45, 7) is 1.78. The van der Waals surface area contributed by atoms with E-state index in [4.69, 9.17) is 5.10 Å². The van der Waals surface area contributed by atoms with Gasteiger partial charge in [0.05, 0.1) is 24.0 Å². The second kappa shape index (κ2) is 10.5. The second-order valence-corrected chi connectivity index (χ2v) is 9.70. The highest BCUT2D eigenvalue weighted by Crippen LogP contribution is 2.31. The Bertz CT molecular complexity index is 1310. The van der Waals surface area contributed by atoms with Crippen molar-refractivity contribution >= 4 is 17.4 Å². The zero-order valence-corrected chi connectivity index (χ0v) is 21.2. The van der Waals surface area contributed by atoms with E-state index in [2.05, 4.69) is 16.1 Å². The summed E-state index contributed by atoms with van der Waals surface area (Å²) in [5.41, 5.74) is 7.38. The molecule has 0 spiro atoms. The first-order valence-corrected chi connectivity index (χ1v) is 12.4. The monoisotopic (exact) mass is 525 g/mol. The predicted octanol–water partition coefficient (Wildman–Crippen LogP) is 4.12. The van der Waals surface area contributed by atoms with Crippen molar-refractivity contribution < 1.29 is 18.0 Å². The van der Waals surface area contributed by atoms with Crippen LogP contribution in [0.3, 0.4) is 0 Å². The minimum atomic E-state index is -4.31. The number of nitrogens with one attached hydrogen (secondary N) is 3. The maximum Gasteiger partial charge on any atom is 0.401 e. The first kappa shape index (κ1) is 25.8. The van der Waals surface area contributed by atoms with Crippen molar-refractivity contribution in [2.75, 3.05) is 38.5 Å². The molecule has 200 valence electrons. The van der Waals surface area contributed by atoms with E-state index in [1.807, 2.05) is 85.8 Å². The van der Waals surface area contributed by atoms with Crippen LogP contribution in [0.1, 0.15) is 22.7 Å². The highest BCUT2D eigenvalue weighted by molar-refractivity contribution is 5.91. The number of alkyl halides is 3. The number of nitrogens with zero attached hydrogens (tertiary/aromatic N) is 4. The maximum absolute atomic E-state index is 13.3. The van der Waals surface area contributed by atoms with Gasteiger partial charge in [-0.25, -0.2) is 14.9 Å². The van der Waals surface area contributed by atoms with Crippen molar-refractivity contribution in [2.24, 2.45) is 0 Å². The molecular weight excluding hydrogens is 495 g/mol. The van der Waals surface area contributed by atoms with Crippen LogP contribution < -0.4 is 16.1 Å². The van der Waals surface area contributed by atoms with Gasteiger partial charge in [0, 0.05) is 49.9 Å². The first-order valence-electron chi connectivity index (χ1n) is 12.4. The van der Waals surface area contributed by atoms with Crippen LogP contribution in [0.5, 0.6) is 0 Å². The fourth-order valence-corrected chi connectivity index (χ4v) is 5.15. The van der Waals surface area contributed by atoms with Crippen LogP contribution in [-0.4, -0.2) is 71.2 Å². The normalized spacial score (nSPS) is 20.0. The molecule has 3 aromatic rings. The summed E-state index contributed by atoms with van der Waals surface area (Å²) in [6, 6.07) is 17.8. The Hall–Kier alpha value is -3.83. The number of para-hydroxylation sites is 1. The molecule has 3 heterocycles. The molecule has 2 aliphatic heterocycles. The molecule has 2 aliphatic rings. The van der Waals surface area contributed by atoms with Crippen LogP contribution in [0, 0.1) is 6.92 Å². The summed E-state index contributed by atoms with van der Waals surface area (Å²) in [7, 11) is 1.90. The number of likely N-dealkylation sites (tertiary alicyclic amines) is 1. The van der Waals surface area contributed by atoms with Gasteiger partial charge in [0.2, 0.25) is 0 Å². The van der Waals surface area contributed by atoms with E-state index in [9.17, 15) is 18.0 Å². The number of aromatic nitrogens is 2. The van der Waals surface area contributed by atoms with Gasteiger partial charge in [-0.05, 0) is 24.6 Å². The number of amides is 2. The van der Waals surface area contributed by atoms with Crippen LogP contribution >= 0.6 is 0 Å². The average Bonchev–Trinajstić information content (AvgIpc) is 3.57. The van der Waals surface area contributed by atoms with Gasteiger partial charge in [-0.15, -0.1) is 0 Å². The standard InChI is InChI=1S/C27H30F3N7O/c1-18-24(20-13-31-35(2)14-20)34-37(21-11-7-4-8-12-21)25(18)33-26(38)32-23-16-36(17-27(28,29)30)15-22(23)19-9-5-3-6-10-19/h3-12,14,22-23,31H,13,15-17H2,1-2H3,(H2,32,33,38)/t22-,23+/m1/s1. The summed E-state index contributed by atoms with van der Waals surface area (Å²) in [5, 5.41) is 12.5. The van der Waals surface area contributed by atoms with Gasteiger partial charge in [-0.2, -0.15) is 18.3 Å². The van der Waals surface area contributed by atoms with Gasteiger partial charge in [0.1, 0.15) is 5.82 Å². The molecule has 2 atom stereocenters. The summed E-state index contributed by atoms with van der Waals surface area (Å²) in [6.07, 6.45) is -2.36. The number of carbonyl (C=O) groups is 1. The fourth-order valence-electron chi connectivity index (χ4n) is 5.15. The molecule has 0 radical (unpaired) electrons. The molecule has 38 heavy (non-hydrogen) atoms. The molecule has 5 rings (SSSR count). The van der Waals surface area contributed by atoms with Crippen LogP contribution in [0.2, 0.25) is 0 Å². The van der Waals surface area contributed by atoms with Crippen LogP contribution in [0.15, 0.2) is 66.9 Å². The summed E-state index contributed by atoms with van der Waals surface area (Å²) < 4.78 is 41.2. The molecular formula is C27H30F3N7O. The molecule has 11 heteroatoms. The Balaban J connectivity index is 1.40. The van der Waals surface area contributed by atoms with E-state index in [0.29, 0.717) is 12.4 Å². The number of urea groups is 1. The van der Waals surface area contributed by atoms with Crippen LogP contribution in [0.4, 0.5) is 23.8 Å². The quantitative estimate of drug-likeness (QED) is 0.451. The number of hydrazine groups is 1. The predicted molar refractivity (Wildman–Crippen MR) is 140 cm³/mol. The van der Waals surface area contributed by atoms with Gasteiger partial charge in [0.15, 0.2) is 0 Å². The molecule has 3 N–H and O–H groups in total. The van der Waals surface area contributed by atoms with Crippen molar-refractivity contribution in [1.29, 1.82) is 0 Å². The highest BCUT2D eigenvalue weighted by atomic mass is 19.4. The molecule has 8 nitrogen and oxygen atoms in total. The Morgan fingerprint density at radius 1 is 1.08 bits per heavy atom. The van der Waals surface area contributed by atoms with E-state index in [1.165, 1.54) is 4.90 Å². The van der Waals surface area contributed by atoms with E-state index in [-0.39, 0.29) is 19.0 Å². The largest absolute Gasteiger partial charge is 0.401 e. The fraction of sp³-hybridized carbons (Fsp3) is 0.333. The van der Waals surface area contributed by atoms with Crippen molar-refractivity contribution in [2.45, 2.75) is 25.1 Å². The lowest BCUT2D eigenvalue weighted by atomic mass is 9.94. The van der Waals surface area contributed by atoms with Crippen molar-refractivity contribution in [3.63, 3.8) is 0 Å². The van der Waals surface area contributed by atoms with Crippen molar-refractivity contribution in [3.8, 4) is 5.69 Å². The number of benzene rings is 2. The molecule has 1 saturated heterocycles. The van der Waals surface area contributed by atoms with Crippen LogP contribution in [-0.2, 0) is 0 Å². The molecule has 1 aromatic heterocycles. The summed E-state index contributed by atoms with van der Waals surface area (Å²) in [5.74, 6) is 0.228. The molecule has 0 bridgehead atoms. The zero-order chi connectivity index (χ0) is 26.9. The van der Waals surface area contributed by atoms with E-state index in [1.54, 1.807) is 4.68 Å². The van der Waals surface area contributed by atoms with Gasteiger partial charge in [-0.1, -0.05) is 48.5 Å². The number of rotatable bonds is 6. The molecule has 0 saturated carbocycles. The minimum absolute atomic E-state index is 0.0968. The Kier molecular flexibility index (Phi) is 7.13. The van der Waals surface area contributed by atoms with E-state index in [0.717, 1.165) is 28.1 Å². The minimum Gasteiger partial charge on any atom is -0.333 e. The lowest BCUT2D eigenvalue weighted by molar-refractivity contribution is -0.143.